The number of pyridine rings is 1. The highest BCUT2D eigenvalue weighted by atomic mass is 79.9. The fraction of sp³-hybridized carbons (Fsp3) is 0.100. The van der Waals surface area contributed by atoms with E-state index in [2.05, 4.69) is 20.9 Å². The zero-order valence-corrected chi connectivity index (χ0v) is 9.35. The molecule has 0 N–H and O–H groups in total. The van der Waals surface area contributed by atoms with E-state index in [1.54, 1.807) is 12.3 Å². The van der Waals surface area contributed by atoms with Gasteiger partial charge in [-0.1, -0.05) is 11.6 Å². The van der Waals surface area contributed by atoms with E-state index in [9.17, 15) is 0 Å². The Morgan fingerprint density at radius 2 is 2.15 bits per heavy atom. The van der Waals surface area contributed by atoms with Crippen molar-refractivity contribution in [2.75, 3.05) is 0 Å². The molecule has 0 atom stereocenters. The lowest BCUT2D eigenvalue weighted by atomic mass is 10.1. The Bertz CT molecular complexity index is 468. The molecule has 3 heteroatoms. The molecule has 2 rings (SSSR count). The summed E-state index contributed by atoms with van der Waals surface area (Å²) in [5.41, 5.74) is 2.09. The fourth-order valence-corrected chi connectivity index (χ4v) is 2.19. The van der Waals surface area contributed by atoms with Crippen LogP contribution in [0.3, 0.4) is 0 Å². The monoisotopic (exact) mass is 255 g/mol. The average Bonchev–Trinajstić information content (AvgIpc) is 2.07. The number of benzene rings is 1. The third-order valence-corrected chi connectivity index (χ3v) is 2.82. The maximum Gasteiger partial charge on any atom is 0.0859 e. The molecule has 2 aromatic rings. The molecule has 1 nitrogen and oxygen atoms in total. The van der Waals surface area contributed by atoms with E-state index in [1.807, 2.05) is 19.1 Å². The SMILES string of the molecule is Cc1cc(Br)c2nccc(Cl)c2c1. The van der Waals surface area contributed by atoms with Crippen LogP contribution in [0, 0.1) is 6.92 Å². The number of fused-ring (bicyclic) bond motifs is 1. The molecular formula is C10H7BrClN. The van der Waals surface area contributed by atoms with E-state index in [0.29, 0.717) is 0 Å². The Balaban J connectivity index is 2.94. The third kappa shape index (κ3) is 1.56. The minimum absolute atomic E-state index is 0.745. The average molecular weight is 257 g/mol. The summed E-state index contributed by atoms with van der Waals surface area (Å²) < 4.78 is 0.991. The Morgan fingerprint density at radius 1 is 1.38 bits per heavy atom. The summed E-state index contributed by atoms with van der Waals surface area (Å²) in [4.78, 5) is 4.25. The lowest BCUT2D eigenvalue weighted by Crippen LogP contribution is -1.82. The molecule has 0 saturated carbocycles. The number of hydrogen-bond acceptors (Lipinski definition) is 1. The number of halogens is 2. The first-order chi connectivity index (χ1) is 6.18. The third-order valence-electron chi connectivity index (χ3n) is 1.89. The highest BCUT2D eigenvalue weighted by molar-refractivity contribution is 9.10. The van der Waals surface area contributed by atoms with Crippen molar-refractivity contribution in [1.29, 1.82) is 0 Å². The maximum atomic E-state index is 6.04. The van der Waals surface area contributed by atoms with Gasteiger partial charge < -0.3 is 0 Å². The molecule has 0 spiro atoms. The molecule has 0 fully saturated rings. The van der Waals surface area contributed by atoms with Gasteiger partial charge in [0.2, 0.25) is 0 Å². The van der Waals surface area contributed by atoms with Crippen LogP contribution in [-0.4, -0.2) is 4.98 Å². The van der Waals surface area contributed by atoms with Crippen LogP contribution >= 0.6 is 27.5 Å². The maximum absolute atomic E-state index is 6.04. The summed E-state index contributed by atoms with van der Waals surface area (Å²) in [6, 6.07) is 5.87. The molecule has 0 radical (unpaired) electrons. The summed E-state index contributed by atoms with van der Waals surface area (Å²) in [5.74, 6) is 0. The summed E-state index contributed by atoms with van der Waals surface area (Å²) >= 11 is 9.50. The standard InChI is InChI=1S/C10H7BrClN/c1-6-4-7-9(12)2-3-13-10(7)8(11)5-6/h2-5H,1H3. The second-order valence-electron chi connectivity index (χ2n) is 2.94. The molecule has 0 aliphatic heterocycles. The van der Waals surface area contributed by atoms with Crippen molar-refractivity contribution in [1.82, 2.24) is 4.98 Å². The molecular weight excluding hydrogens is 249 g/mol. The van der Waals surface area contributed by atoms with E-state index < -0.39 is 0 Å². The first-order valence-electron chi connectivity index (χ1n) is 3.89. The van der Waals surface area contributed by atoms with E-state index in [1.165, 1.54) is 5.56 Å². The zero-order valence-electron chi connectivity index (χ0n) is 7.01. The molecule has 0 amide bonds. The van der Waals surface area contributed by atoms with Crippen LogP contribution in [-0.2, 0) is 0 Å². The van der Waals surface area contributed by atoms with Crippen molar-refractivity contribution in [2.24, 2.45) is 0 Å². The minimum Gasteiger partial charge on any atom is -0.255 e. The molecule has 13 heavy (non-hydrogen) atoms. The van der Waals surface area contributed by atoms with Crippen molar-refractivity contribution < 1.29 is 0 Å². The second-order valence-corrected chi connectivity index (χ2v) is 4.20. The lowest BCUT2D eigenvalue weighted by molar-refractivity contribution is 1.38. The van der Waals surface area contributed by atoms with E-state index in [0.717, 1.165) is 20.4 Å². The van der Waals surface area contributed by atoms with Crippen molar-refractivity contribution in [3.8, 4) is 0 Å². The highest BCUT2D eigenvalue weighted by Crippen LogP contribution is 2.28. The van der Waals surface area contributed by atoms with Crippen molar-refractivity contribution in [3.05, 3.63) is 39.5 Å². The van der Waals surface area contributed by atoms with Crippen LogP contribution in [0.4, 0.5) is 0 Å². The van der Waals surface area contributed by atoms with Crippen LogP contribution in [0.2, 0.25) is 5.02 Å². The minimum atomic E-state index is 0.745. The normalized spacial score (nSPS) is 10.7. The Hall–Kier alpha value is -0.600. The Labute approximate surface area is 89.9 Å². The van der Waals surface area contributed by atoms with Gasteiger partial charge in [-0.3, -0.25) is 4.98 Å². The van der Waals surface area contributed by atoms with Gasteiger partial charge in [-0.25, -0.2) is 0 Å². The largest absolute Gasteiger partial charge is 0.255 e. The van der Waals surface area contributed by atoms with Gasteiger partial charge in [0, 0.05) is 16.1 Å². The number of rotatable bonds is 0. The van der Waals surface area contributed by atoms with Gasteiger partial charge in [0.25, 0.3) is 0 Å². The van der Waals surface area contributed by atoms with Gasteiger partial charge in [-0.05, 0) is 46.6 Å². The van der Waals surface area contributed by atoms with Crippen LogP contribution in [0.15, 0.2) is 28.9 Å². The van der Waals surface area contributed by atoms with Gasteiger partial charge in [0.15, 0.2) is 0 Å². The first-order valence-corrected chi connectivity index (χ1v) is 5.06. The number of nitrogens with zero attached hydrogens (tertiary/aromatic N) is 1. The van der Waals surface area contributed by atoms with Crippen molar-refractivity contribution >= 4 is 38.4 Å². The van der Waals surface area contributed by atoms with Crippen LogP contribution in [0.1, 0.15) is 5.56 Å². The van der Waals surface area contributed by atoms with Gasteiger partial charge >= 0.3 is 0 Å². The smallest absolute Gasteiger partial charge is 0.0859 e. The first kappa shape index (κ1) is 8.97. The molecule has 0 aliphatic rings. The van der Waals surface area contributed by atoms with E-state index >= 15 is 0 Å². The zero-order chi connectivity index (χ0) is 9.42. The number of hydrogen-bond donors (Lipinski definition) is 0. The number of aryl methyl sites for hydroxylation is 1. The quantitative estimate of drug-likeness (QED) is 0.695. The summed E-state index contributed by atoms with van der Waals surface area (Å²) in [6.07, 6.45) is 1.71. The van der Waals surface area contributed by atoms with Gasteiger partial charge in [0.05, 0.1) is 10.5 Å². The summed E-state index contributed by atoms with van der Waals surface area (Å²) in [6.45, 7) is 2.04. The molecule has 1 heterocycles. The highest BCUT2D eigenvalue weighted by Gasteiger charge is 2.03. The van der Waals surface area contributed by atoms with Gasteiger partial charge in [-0.2, -0.15) is 0 Å². The van der Waals surface area contributed by atoms with Crippen LogP contribution < -0.4 is 0 Å². The predicted octanol–water partition coefficient (Wildman–Crippen LogP) is 3.96. The molecule has 0 unspecified atom stereocenters. The predicted molar refractivity (Wildman–Crippen MR) is 59.2 cm³/mol. The van der Waals surface area contributed by atoms with E-state index in [-0.39, 0.29) is 0 Å². The molecule has 1 aromatic heterocycles. The molecule has 0 bridgehead atoms. The van der Waals surface area contributed by atoms with Gasteiger partial charge in [0.1, 0.15) is 0 Å². The van der Waals surface area contributed by atoms with Crippen molar-refractivity contribution in [3.63, 3.8) is 0 Å². The summed E-state index contributed by atoms with van der Waals surface area (Å²) in [5, 5.41) is 1.74. The lowest BCUT2D eigenvalue weighted by Gasteiger charge is -2.02. The topological polar surface area (TPSA) is 12.9 Å². The number of aromatic nitrogens is 1. The van der Waals surface area contributed by atoms with Gasteiger partial charge in [-0.15, -0.1) is 0 Å². The summed E-state index contributed by atoms with van der Waals surface area (Å²) in [7, 11) is 0. The second kappa shape index (κ2) is 3.28. The van der Waals surface area contributed by atoms with E-state index in [4.69, 9.17) is 11.6 Å². The molecule has 1 aromatic carbocycles. The van der Waals surface area contributed by atoms with Crippen LogP contribution in [0.25, 0.3) is 10.9 Å². The molecule has 66 valence electrons. The Kier molecular flexibility index (Phi) is 2.26. The van der Waals surface area contributed by atoms with Crippen molar-refractivity contribution in [2.45, 2.75) is 6.92 Å². The van der Waals surface area contributed by atoms with Crippen LogP contribution in [0.5, 0.6) is 0 Å². The Morgan fingerprint density at radius 3 is 2.92 bits per heavy atom. The molecule has 0 aliphatic carbocycles. The fourth-order valence-electron chi connectivity index (χ4n) is 1.31. The molecule has 0 saturated heterocycles.